The molecule has 1 saturated heterocycles. The number of rotatable bonds is 4. The quantitative estimate of drug-likeness (QED) is 0.927. The first-order valence-corrected chi connectivity index (χ1v) is 7.30. The molecule has 1 aliphatic heterocycles. The second-order valence-corrected chi connectivity index (χ2v) is 5.90. The summed E-state index contributed by atoms with van der Waals surface area (Å²) in [5.41, 5.74) is -1.05. The van der Waals surface area contributed by atoms with Gasteiger partial charge in [-0.2, -0.15) is 0 Å². The molecule has 1 atom stereocenters. The van der Waals surface area contributed by atoms with Gasteiger partial charge >= 0.3 is 0 Å². The van der Waals surface area contributed by atoms with Crippen molar-refractivity contribution in [3.05, 3.63) is 30.1 Å². The molecule has 0 spiro atoms. The number of halogens is 1. The van der Waals surface area contributed by atoms with Crippen LogP contribution in [0.4, 0.5) is 4.39 Å². The summed E-state index contributed by atoms with van der Waals surface area (Å²) in [7, 11) is 0. The lowest BCUT2D eigenvalue weighted by atomic mass is 9.99. The van der Waals surface area contributed by atoms with Gasteiger partial charge in [0.2, 0.25) is 0 Å². The number of carbonyl (C=O) groups excluding carboxylic acids is 1. The predicted molar refractivity (Wildman–Crippen MR) is 77.5 cm³/mol. The van der Waals surface area contributed by atoms with Crippen molar-refractivity contribution in [1.82, 2.24) is 4.90 Å². The van der Waals surface area contributed by atoms with E-state index >= 15 is 0 Å². The molecule has 0 radical (unpaired) electrons. The summed E-state index contributed by atoms with van der Waals surface area (Å²) in [5.74, 6) is -0.0410. The molecule has 5 heteroatoms. The number of aliphatic hydroxyl groups is 1. The highest BCUT2D eigenvalue weighted by molar-refractivity contribution is 5.85. The zero-order valence-corrected chi connectivity index (χ0v) is 12.5. The van der Waals surface area contributed by atoms with Crippen molar-refractivity contribution >= 4 is 5.91 Å². The van der Waals surface area contributed by atoms with Gasteiger partial charge < -0.3 is 14.7 Å². The van der Waals surface area contributed by atoms with Crippen molar-refractivity contribution < 1.29 is 19.0 Å². The smallest absolute Gasteiger partial charge is 0.266 e. The monoisotopic (exact) mass is 295 g/mol. The number of piperidine rings is 1. The second-order valence-electron chi connectivity index (χ2n) is 5.90. The van der Waals surface area contributed by atoms with E-state index in [4.69, 9.17) is 4.74 Å². The Balaban J connectivity index is 2.10. The average molecular weight is 295 g/mol. The Morgan fingerprint density at radius 2 is 2.05 bits per heavy atom. The molecule has 0 aliphatic carbocycles. The molecular formula is C16H22FNO3. The van der Waals surface area contributed by atoms with Crippen LogP contribution in [0.5, 0.6) is 5.75 Å². The van der Waals surface area contributed by atoms with Crippen molar-refractivity contribution in [1.29, 1.82) is 0 Å². The molecule has 2 rings (SSSR count). The van der Waals surface area contributed by atoms with Crippen molar-refractivity contribution in [2.45, 2.75) is 44.8 Å². The number of hydrogen-bond donors (Lipinski definition) is 1. The number of nitrogens with zero attached hydrogens (tertiary/aromatic N) is 1. The van der Waals surface area contributed by atoms with Crippen molar-refractivity contribution in [2.75, 3.05) is 13.2 Å². The third-order valence-corrected chi connectivity index (χ3v) is 3.80. The maximum Gasteiger partial charge on any atom is 0.266 e. The van der Waals surface area contributed by atoms with E-state index < -0.39 is 5.60 Å². The minimum absolute atomic E-state index is 0.0294. The predicted octanol–water partition coefficient (Wildman–Crippen LogP) is 2.36. The van der Waals surface area contributed by atoms with Gasteiger partial charge in [-0.1, -0.05) is 0 Å². The molecule has 1 aliphatic rings. The molecule has 1 unspecified atom stereocenters. The maximum absolute atomic E-state index is 12.9. The van der Waals surface area contributed by atoms with E-state index in [1.54, 1.807) is 18.7 Å². The Morgan fingerprint density at radius 1 is 1.38 bits per heavy atom. The van der Waals surface area contributed by atoms with Crippen LogP contribution < -0.4 is 4.74 Å². The highest BCUT2D eigenvalue weighted by Gasteiger charge is 2.38. The van der Waals surface area contributed by atoms with Crippen LogP contribution in [0, 0.1) is 5.82 Å². The Hall–Kier alpha value is -1.62. The van der Waals surface area contributed by atoms with Gasteiger partial charge in [0.25, 0.3) is 5.91 Å². The summed E-state index contributed by atoms with van der Waals surface area (Å²) in [6.07, 6.45) is 2.78. The van der Waals surface area contributed by atoms with Gasteiger partial charge in [-0.25, -0.2) is 4.39 Å². The van der Waals surface area contributed by atoms with Crippen LogP contribution in [0.15, 0.2) is 24.3 Å². The van der Waals surface area contributed by atoms with Crippen LogP contribution in [0.25, 0.3) is 0 Å². The molecule has 1 amide bonds. The fourth-order valence-electron chi connectivity index (χ4n) is 2.64. The highest BCUT2D eigenvalue weighted by atomic mass is 19.1. The third kappa shape index (κ3) is 3.73. The molecule has 1 heterocycles. The summed E-state index contributed by atoms with van der Waals surface area (Å²) in [5, 5.41) is 9.42. The van der Waals surface area contributed by atoms with Crippen LogP contribution in [0.2, 0.25) is 0 Å². The van der Waals surface area contributed by atoms with Gasteiger partial charge in [0.05, 0.1) is 12.6 Å². The molecule has 0 bridgehead atoms. The molecule has 1 N–H and O–H groups in total. The van der Waals surface area contributed by atoms with E-state index in [1.807, 2.05) is 0 Å². The highest BCUT2D eigenvalue weighted by Crippen LogP contribution is 2.25. The zero-order chi connectivity index (χ0) is 15.5. The van der Waals surface area contributed by atoms with Crippen LogP contribution in [-0.4, -0.2) is 40.7 Å². The molecule has 0 aromatic heterocycles. The van der Waals surface area contributed by atoms with Crippen LogP contribution >= 0.6 is 0 Å². The van der Waals surface area contributed by atoms with Gasteiger partial charge in [-0.3, -0.25) is 4.79 Å². The van der Waals surface area contributed by atoms with Crippen LogP contribution in [0.3, 0.4) is 0 Å². The van der Waals surface area contributed by atoms with Gasteiger partial charge in [-0.05, 0) is 57.4 Å². The topological polar surface area (TPSA) is 49.8 Å². The van der Waals surface area contributed by atoms with E-state index in [0.717, 1.165) is 19.3 Å². The van der Waals surface area contributed by atoms with E-state index in [1.165, 1.54) is 24.3 Å². The van der Waals surface area contributed by atoms with Crippen molar-refractivity contribution in [2.24, 2.45) is 0 Å². The lowest BCUT2D eigenvalue weighted by molar-refractivity contribution is -0.150. The second kappa shape index (κ2) is 6.43. The SMILES string of the molecule is CC(C)(Oc1ccc(F)cc1)C(=O)N1CCCCC1CO. The van der Waals surface area contributed by atoms with Gasteiger partial charge in [0.1, 0.15) is 11.6 Å². The lowest BCUT2D eigenvalue weighted by Gasteiger charge is -2.39. The maximum atomic E-state index is 12.9. The molecule has 116 valence electrons. The number of aliphatic hydroxyl groups excluding tert-OH is 1. The largest absolute Gasteiger partial charge is 0.478 e. The Labute approximate surface area is 124 Å². The Kier molecular flexibility index (Phi) is 4.83. The molecule has 1 aromatic rings. The average Bonchev–Trinajstić information content (AvgIpc) is 2.48. The molecular weight excluding hydrogens is 273 g/mol. The number of ether oxygens (including phenoxy) is 1. The number of benzene rings is 1. The fourth-order valence-corrected chi connectivity index (χ4v) is 2.64. The van der Waals surface area contributed by atoms with Gasteiger partial charge in [-0.15, -0.1) is 0 Å². The van der Waals surface area contributed by atoms with E-state index in [0.29, 0.717) is 12.3 Å². The standard InChI is InChI=1S/C16H22FNO3/c1-16(2,21-14-8-6-12(17)7-9-14)15(20)18-10-4-3-5-13(18)11-19/h6-9,13,19H,3-5,10-11H2,1-2H3. The molecule has 4 nitrogen and oxygen atoms in total. The normalized spacial score (nSPS) is 19.4. The molecule has 0 saturated carbocycles. The summed E-state index contributed by atoms with van der Waals surface area (Å²) in [6.45, 7) is 4.00. The first-order valence-electron chi connectivity index (χ1n) is 7.30. The number of likely N-dealkylation sites (tertiary alicyclic amines) is 1. The summed E-state index contributed by atoms with van der Waals surface area (Å²) >= 11 is 0. The number of amides is 1. The van der Waals surface area contributed by atoms with E-state index in [2.05, 4.69) is 0 Å². The Bertz CT molecular complexity index is 487. The van der Waals surface area contributed by atoms with Crippen molar-refractivity contribution in [3.63, 3.8) is 0 Å². The first kappa shape index (κ1) is 15.8. The first-order chi connectivity index (χ1) is 9.94. The Morgan fingerprint density at radius 3 is 2.67 bits per heavy atom. The summed E-state index contributed by atoms with van der Waals surface area (Å²) in [4.78, 5) is 14.4. The molecule has 1 aromatic carbocycles. The van der Waals surface area contributed by atoms with E-state index in [9.17, 15) is 14.3 Å². The summed E-state index contributed by atoms with van der Waals surface area (Å²) < 4.78 is 18.6. The molecule has 1 fully saturated rings. The minimum Gasteiger partial charge on any atom is -0.478 e. The number of carbonyl (C=O) groups is 1. The van der Waals surface area contributed by atoms with Gasteiger partial charge in [0.15, 0.2) is 5.60 Å². The van der Waals surface area contributed by atoms with Gasteiger partial charge in [0, 0.05) is 6.54 Å². The van der Waals surface area contributed by atoms with Crippen LogP contribution in [-0.2, 0) is 4.79 Å². The lowest BCUT2D eigenvalue weighted by Crippen LogP contribution is -2.55. The fraction of sp³-hybridized carbons (Fsp3) is 0.562. The third-order valence-electron chi connectivity index (χ3n) is 3.80. The zero-order valence-electron chi connectivity index (χ0n) is 12.5. The van der Waals surface area contributed by atoms with Crippen molar-refractivity contribution in [3.8, 4) is 5.75 Å². The minimum atomic E-state index is -1.05. The number of hydrogen-bond acceptors (Lipinski definition) is 3. The van der Waals surface area contributed by atoms with E-state index in [-0.39, 0.29) is 24.4 Å². The molecule has 21 heavy (non-hydrogen) atoms. The van der Waals surface area contributed by atoms with Crippen LogP contribution in [0.1, 0.15) is 33.1 Å². The summed E-state index contributed by atoms with van der Waals surface area (Å²) in [6, 6.07) is 5.47.